The number of rotatable bonds is 4. The number of aliphatic carboxylic acids is 1. The number of carbonyl (C=O) groups excluding carboxylic acids is 1. The molecule has 0 aliphatic carbocycles. The van der Waals surface area contributed by atoms with Gasteiger partial charge in [0.2, 0.25) is 0 Å². The lowest BCUT2D eigenvalue weighted by Crippen LogP contribution is -2.33. The molecule has 1 atom stereocenters. The van der Waals surface area contributed by atoms with Gasteiger partial charge in [-0.2, -0.15) is 5.10 Å². The number of aryl methyl sites for hydroxylation is 2. The molecule has 2 heterocycles. The molecule has 2 N–H and O–H groups in total. The zero-order chi connectivity index (χ0) is 14.0. The van der Waals surface area contributed by atoms with E-state index in [0.29, 0.717) is 16.9 Å². The molecule has 0 aliphatic rings. The molecule has 1 unspecified atom stereocenters. The van der Waals surface area contributed by atoms with Gasteiger partial charge in [0.05, 0.1) is 18.0 Å². The molecule has 2 aromatic rings. The van der Waals surface area contributed by atoms with Gasteiger partial charge in [-0.3, -0.25) is 9.48 Å². The Kier molecular flexibility index (Phi) is 3.37. The summed E-state index contributed by atoms with van der Waals surface area (Å²) in [6.07, 6.45) is 4.33. The quantitative estimate of drug-likeness (QED) is 0.853. The van der Waals surface area contributed by atoms with Crippen LogP contribution in [0.1, 0.15) is 27.7 Å². The number of carbonyl (C=O) groups is 2. The molecule has 0 fully saturated rings. The van der Waals surface area contributed by atoms with E-state index < -0.39 is 17.9 Å². The van der Waals surface area contributed by atoms with Crippen LogP contribution < -0.4 is 5.32 Å². The Hall–Kier alpha value is -2.57. The molecule has 2 aromatic heterocycles. The molecular weight excluding hydrogens is 250 g/mol. The maximum Gasteiger partial charge on any atom is 0.331 e. The fourth-order valence-corrected chi connectivity index (χ4v) is 1.71. The third-order valence-electron chi connectivity index (χ3n) is 2.68. The van der Waals surface area contributed by atoms with E-state index in [-0.39, 0.29) is 0 Å². The monoisotopic (exact) mass is 263 g/mol. The Balaban J connectivity index is 2.21. The molecule has 0 radical (unpaired) electrons. The molecule has 19 heavy (non-hydrogen) atoms. The van der Waals surface area contributed by atoms with Crippen molar-refractivity contribution in [3.05, 3.63) is 41.6 Å². The van der Waals surface area contributed by atoms with Crippen LogP contribution in [0.25, 0.3) is 0 Å². The topological polar surface area (TPSA) is 97.4 Å². The van der Waals surface area contributed by atoms with E-state index in [2.05, 4.69) is 10.4 Å². The molecule has 7 heteroatoms. The van der Waals surface area contributed by atoms with Crippen molar-refractivity contribution in [1.82, 2.24) is 15.1 Å². The van der Waals surface area contributed by atoms with Gasteiger partial charge in [0.1, 0.15) is 5.76 Å². The average Bonchev–Trinajstić information content (AvgIpc) is 2.94. The van der Waals surface area contributed by atoms with Crippen LogP contribution in [0.2, 0.25) is 0 Å². The number of aromatic nitrogens is 2. The van der Waals surface area contributed by atoms with Crippen molar-refractivity contribution in [2.24, 2.45) is 7.05 Å². The lowest BCUT2D eigenvalue weighted by molar-refractivity contribution is -0.139. The van der Waals surface area contributed by atoms with E-state index >= 15 is 0 Å². The van der Waals surface area contributed by atoms with Crippen molar-refractivity contribution in [3.8, 4) is 0 Å². The number of nitrogens with one attached hydrogen (secondary N) is 1. The van der Waals surface area contributed by atoms with Gasteiger partial charge in [-0.15, -0.1) is 0 Å². The number of furan rings is 1. The van der Waals surface area contributed by atoms with Gasteiger partial charge in [-0.05, 0) is 13.0 Å². The van der Waals surface area contributed by atoms with E-state index in [0.717, 1.165) is 0 Å². The number of carboxylic acid groups (broad SMARTS) is 1. The van der Waals surface area contributed by atoms with Crippen LogP contribution in [0.15, 0.2) is 29.1 Å². The number of amides is 1. The Morgan fingerprint density at radius 2 is 2.26 bits per heavy atom. The maximum absolute atomic E-state index is 12.0. The van der Waals surface area contributed by atoms with Crippen LogP contribution in [0, 0.1) is 6.92 Å². The maximum atomic E-state index is 12.0. The Morgan fingerprint density at radius 3 is 2.74 bits per heavy atom. The van der Waals surface area contributed by atoms with Gasteiger partial charge in [-0.1, -0.05) is 0 Å². The highest BCUT2D eigenvalue weighted by atomic mass is 16.4. The van der Waals surface area contributed by atoms with E-state index in [1.165, 1.54) is 23.2 Å². The minimum atomic E-state index is -1.15. The highest BCUT2D eigenvalue weighted by Crippen LogP contribution is 2.15. The molecule has 0 saturated carbocycles. The van der Waals surface area contributed by atoms with Crippen molar-refractivity contribution in [3.63, 3.8) is 0 Å². The summed E-state index contributed by atoms with van der Waals surface area (Å²) in [5, 5.41) is 15.5. The third-order valence-corrected chi connectivity index (χ3v) is 2.68. The summed E-state index contributed by atoms with van der Waals surface area (Å²) in [7, 11) is 1.67. The van der Waals surface area contributed by atoms with Crippen LogP contribution in [-0.4, -0.2) is 26.8 Å². The van der Waals surface area contributed by atoms with Crippen molar-refractivity contribution in [2.45, 2.75) is 13.0 Å². The van der Waals surface area contributed by atoms with Gasteiger partial charge < -0.3 is 14.8 Å². The number of carboxylic acids is 1. The fourth-order valence-electron chi connectivity index (χ4n) is 1.71. The van der Waals surface area contributed by atoms with Crippen LogP contribution in [0.3, 0.4) is 0 Å². The Bertz CT molecular complexity index is 614. The number of nitrogens with zero attached hydrogens (tertiary/aromatic N) is 2. The molecular formula is C12H13N3O4. The summed E-state index contributed by atoms with van der Waals surface area (Å²) < 4.78 is 6.49. The van der Waals surface area contributed by atoms with Crippen molar-refractivity contribution >= 4 is 11.9 Å². The van der Waals surface area contributed by atoms with Crippen LogP contribution in [0.5, 0.6) is 0 Å². The molecule has 0 saturated heterocycles. The first-order chi connectivity index (χ1) is 8.99. The van der Waals surface area contributed by atoms with E-state index in [1.807, 2.05) is 0 Å². The minimum absolute atomic E-state index is 0.315. The lowest BCUT2D eigenvalue weighted by atomic mass is 10.1. The molecule has 0 spiro atoms. The van der Waals surface area contributed by atoms with E-state index in [9.17, 15) is 14.7 Å². The summed E-state index contributed by atoms with van der Waals surface area (Å²) in [5.74, 6) is -1.21. The predicted molar refractivity (Wildman–Crippen MR) is 64.5 cm³/mol. The smallest absolute Gasteiger partial charge is 0.331 e. The van der Waals surface area contributed by atoms with Gasteiger partial charge in [0, 0.05) is 18.8 Å². The molecule has 0 aromatic carbocycles. The zero-order valence-corrected chi connectivity index (χ0v) is 10.5. The van der Waals surface area contributed by atoms with Crippen molar-refractivity contribution in [1.29, 1.82) is 0 Å². The lowest BCUT2D eigenvalue weighted by Gasteiger charge is -2.12. The second-order valence-electron chi connectivity index (χ2n) is 4.08. The molecule has 100 valence electrons. The van der Waals surface area contributed by atoms with Crippen LogP contribution in [0.4, 0.5) is 0 Å². The SMILES string of the molecule is Cc1occc1C(=O)NC(C(=O)O)c1cnn(C)c1. The van der Waals surface area contributed by atoms with Crippen LogP contribution >= 0.6 is 0 Å². The first kappa shape index (κ1) is 12.9. The second kappa shape index (κ2) is 4.97. The van der Waals surface area contributed by atoms with Gasteiger partial charge in [0.25, 0.3) is 5.91 Å². The van der Waals surface area contributed by atoms with E-state index in [1.54, 1.807) is 20.2 Å². The number of hydrogen-bond donors (Lipinski definition) is 2. The Labute approximate surface area is 108 Å². The molecule has 7 nitrogen and oxygen atoms in total. The van der Waals surface area contributed by atoms with E-state index in [4.69, 9.17) is 4.42 Å². The first-order valence-corrected chi connectivity index (χ1v) is 5.55. The minimum Gasteiger partial charge on any atom is -0.479 e. The highest BCUT2D eigenvalue weighted by molar-refractivity contribution is 5.97. The fraction of sp³-hybridized carbons (Fsp3) is 0.250. The summed E-state index contributed by atoms with van der Waals surface area (Å²) >= 11 is 0. The highest BCUT2D eigenvalue weighted by Gasteiger charge is 2.25. The first-order valence-electron chi connectivity index (χ1n) is 5.55. The van der Waals surface area contributed by atoms with Gasteiger partial charge in [-0.25, -0.2) is 4.79 Å². The summed E-state index contributed by atoms with van der Waals surface area (Å²) in [4.78, 5) is 23.2. The zero-order valence-electron chi connectivity index (χ0n) is 10.5. The third kappa shape index (κ3) is 2.65. The summed E-state index contributed by atoms with van der Waals surface area (Å²) in [6.45, 7) is 1.63. The normalized spacial score (nSPS) is 12.1. The van der Waals surface area contributed by atoms with Gasteiger partial charge >= 0.3 is 5.97 Å². The molecule has 0 aliphatic heterocycles. The predicted octanol–water partition coefficient (Wildman–Crippen LogP) is 0.877. The van der Waals surface area contributed by atoms with Crippen molar-refractivity contribution in [2.75, 3.05) is 0 Å². The largest absolute Gasteiger partial charge is 0.479 e. The summed E-state index contributed by atoms with van der Waals surface area (Å²) in [5.41, 5.74) is 0.722. The van der Waals surface area contributed by atoms with Gasteiger partial charge in [0.15, 0.2) is 6.04 Å². The standard InChI is InChI=1S/C12H13N3O4/c1-7-9(3-4-19-7)11(16)14-10(12(17)18)8-5-13-15(2)6-8/h3-6,10H,1-2H3,(H,14,16)(H,17,18). The Morgan fingerprint density at radius 1 is 1.53 bits per heavy atom. The number of hydrogen-bond acceptors (Lipinski definition) is 4. The average molecular weight is 263 g/mol. The van der Waals surface area contributed by atoms with Crippen molar-refractivity contribution < 1.29 is 19.1 Å². The summed E-state index contributed by atoms with van der Waals surface area (Å²) in [6, 6.07) is 0.350. The molecule has 0 bridgehead atoms. The molecule has 2 rings (SSSR count). The molecule has 1 amide bonds. The second-order valence-corrected chi connectivity index (χ2v) is 4.08. The van der Waals surface area contributed by atoms with Crippen LogP contribution in [-0.2, 0) is 11.8 Å².